The molecule has 0 spiro atoms. The van der Waals surface area contributed by atoms with E-state index >= 15 is 0 Å². The summed E-state index contributed by atoms with van der Waals surface area (Å²) in [4.78, 5) is 12.7. The third-order valence-electron chi connectivity index (χ3n) is 4.10. The molecule has 2 N–H and O–H groups in total. The van der Waals surface area contributed by atoms with Gasteiger partial charge in [-0.15, -0.1) is 13.2 Å². The van der Waals surface area contributed by atoms with Crippen LogP contribution in [0.4, 0.5) is 40.8 Å². The van der Waals surface area contributed by atoms with Crippen molar-refractivity contribution < 1.29 is 59.3 Å². The number of ether oxygens (including phenoxy) is 2. The van der Waals surface area contributed by atoms with Crippen LogP contribution in [0.3, 0.4) is 0 Å². The lowest BCUT2D eigenvalue weighted by Gasteiger charge is -2.17. The molecule has 186 valence electrons. The SMILES string of the molecule is O=C(Nc1ccc[n+](O)c1)c1c(Oc2ccc(OC(F)(F)F)c(F)c2)cc(C(F)(F)F)c(Cl)c1F. The van der Waals surface area contributed by atoms with Crippen LogP contribution >= 0.6 is 11.6 Å². The van der Waals surface area contributed by atoms with Crippen LogP contribution in [0.5, 0.6) is 17.2 Å². The third kappa shape index (κ3) is 6.20. The number of halogens is 9. The van der Waals surface area contributed by atoms with E-state index in [9.17, 15) is 45.1 Å². The van der Waals surface area contributed by atoms with Gasteiger partial charge in [-0.2, -0.15) is 13.2 Å². The number of aromatic nitrogens is 1. The van der Waals surface area contributed by atoms with Crippen molar-refractivity contribution in [1.82, 2.24) is 0 Å². The fraction of sp³-hybridized carbons (Fsp3) is 0.100. The molecule has 0 atom stereocenters. The first-order valence-electron chi connectivity index (χ1n) is 9.00. The molecule has 6 nitrogen and oxygen atoms in total. The topological polar surface area (TPSA) is 71.7 Å². The lowest BCUT2D eigenvalue weighted by Crippen LogP contribution is -2.29. The number of carbonyl (C=O) groups is 1. The maximum absolute atomic E-state index is 14.9. The molecule has 35 heavy (non-hydrogen) atoms. The van der Waals surface area contributed by atoms with Crippen molar-refractivity contribution in [3.63, 3.8) is 0 Å². The minimum absolute atomic E-state index is 0.124. The number of pyridine rings is 1. The summed E-state index contributed by atoms with van der Waals surface area (Å²) < 4.78 is 115. The maximum atomic E-state index is 14.9. The highest BCUT2D eigenvalue weighted by Crippen LogP contribution is 2.42. The smallest absolute Gasteiger partial charge is 0.456 e. The van der Waals surface area contributed by atoms with E-state index in [4.69, 9.17) is 16.3 Å². The lowest BCUT2D eigenvalue weighted by molar-refractivity contribution is -0.904. The number of hydrogen-bond donors (Lipinski definition) is 2. The number of nitrogens with zero attached hydrogens (tertiary/aromatic N) is 1. The molecule has 0 saturated carbocycles. The van der Waals surface area contributed by atoms with Gasteiger partial charge in [-0.05, 0) is 24.3 Å². The molecule has 1 heterocycles. The van der Waals surface area contributed by atoms with Crippen LogP contribution in [-0.2, 0) is 6.18 Å². The Hall–Kier alpha value is -3.81. The Labute approximate surface area is 194 Å². The van der Waals surface area contributed by atoms with Gasteiger partial charge in [-0.3, -0.25) is 10.0 Å². The van der Waals surface area contributed by atoms with E-state index in [1.807, 2.05) is 0 Å². The Morgan fingerprint density at radius 1 is 1.03 bits per heavy atom. The Kier molecular flexibility index (Phi) is 6.96. The molecule has 0 bridgehead atoms. The van der Waals surface area contributed by atoms with E-state index < -0.39 is 63.5 Å². The van der Waals surface area contributed by atoms with Crippen molar-refractivity contribution in [1.29, 1.82) is 0 Å². The van der Waals surface area contributed by atoms with Crippen molar-refractivity contribution >= 4 is 23.2 Å². The Balaban J connectivity index is 2.07. The van der Waals surface area contributed by atoms with Gasteiger partial charge in [-0.25, -0.2) is 8.78 Å². The van der Waals surface area contributed by atoms with E-state index in [-0.39, 0.29) is 11.8 Å². The maximum Gasteiger partial charge on any atom is 0.573 e. The second-order valence-corrected chi connectivity index (χ2v) is 6.97. The first kappa shape index (κ1) is 25.8. The molecular formula is C20H10ClF8N2O4+. The minimum atomic E-state index is -5.24. The second-order valence-electron chi connectivity index (χ2n) is 6.59. The Bertz CT molecular complexity index is 1280. The molecule has 0 saturated heterocycles. The molecule has 0 radical (unpaired) electrons. The van der Waals surface area contributed by atoms with Crippen molar-refractivity contribution in [2.24, 2.45) is 0 Å². The normalized spacial score (nSPS) is 11.8. The van der Waals surface area contributed by atoms with Crippen LogP contribution in [0.15, 0.2) is 48.8 Å². The van der Waals surface area contributed by atoms with Gasteiger partial charge in [-0.1, -0.05) is 11.6 Å². The molecule has 0 fully saturated rings. The van der Waals surface area contributed by atoms with E-state index in [1.165, 1.54) is 12.1 Å². The average molecular weight is 530 g/mol. The van der Waals surface area contributed by atoms with Gasteiger partial charge in [0.1, 0.15) is 22.7 Å². The van der Waals surface area contributed by atoms with Crippen LogP contribution in [0.1, 0.15) is 15.9 Å². The molecule has 3 aromatic rings. The predicted octanol–water partition coefficient (Wildman–Crippen LogP) is 6.11. The van der Waals surface area contributed by atoms with E-state index in [2.05, 4.69) is 10.1 Å². The molecule has 0 aliphatic rings. The number of amides is 1. The number of nitrogens with one attached hydrogen (secondary N) is 1. The minimum Gasteiger partial charge on any atom is -0.456 e. The summed E-state index contributed by atoms with van der Waals surface area (Å²) >= 11 is 5.48. The van der Waals surface area contributed by atoms with Crippen LogP contribution in [-0.4, -0.2) is 17.5 Å². The summed E-state index contributed by atoms with van der Waals surface area (Å²) in [5, 5.41) is 10.0. The van der Waals surface area contributed by atoms with Crippen molar-refractivity contribution in [2.45, 2.75) is 12.5 Å². The van der Waals surface area contributed by atoms with E-state index in [1.54, 1.807) is 0 Å². The van der Waals surface area contributed by atoms with Crippen molar-refractivity contribution in [3.8, 4) is 17.2 Å². The second kappa shape index (κ2) is 9.44. The number of alkyl halides is 6. The molecule has 1 aromatic heterocycles. The largest absolute Gasteiger partial charge is 0.573 e. The summed E-state index contributed by atoms with van der Waals surface area (Å²) in [5.74, 6) is -7.91. The van der Waals surface area contributed by atoms with Crippen molar-refractivity contribution in [3.05, 3.63) is 76.6 Å². The Morgan fingerprint density at radius 3 is 2.29 bits per heavy atom. The zero-order valence-electron chi connectivity index (χ0n) is 16.6. The highest BCUT2D eigenvalue weighted by Gasteiger charge is 2.38. The molecule has 0 aliphatic carbocycles. The lowest BCUT2D eigenvalue weighted by atomic mass is 10.1. The van der Waals surface area contributed by atoms with E-state index in [0.717, 1.165) is 12.4 Å². The molecular weight excluding hydrogens is 520 g/mol. The molecule has 2 aromatic carbocycles. The van der Waals surface area contributed by atoms with Gasteiger partial charge in [0, 0.05) is 16.9 Å². The summed E-state index contributed by atoms with van der Waals surface area (Å²) in [6.07, 6.45) is -8.33. The zero-order chi connectivity index (χ0) is 26.1. The number of hydrogen-bond acceptors (Lipinski definition) is 4. The first-order chi connectivity index (χ1) is 16.2. The number of carbonyl (C=O) groups excluding carboxylic acids is 1. The average Bonchev–Trinajstić information content (AvgIpc) is 2.71. The zero-order valence-corrected chi connectivity index (χ0v) is 17.4. The molecule has 3 rings (SSSR count). The van der Waals surface area contributed by atoms with Crippen LogP contribution in [0, 0.1) is 11.6 Å². The quantitative estimate of drug-likeness (QED) is 0.238. The fourth-order valence-electron chi connectivity index (χ4n) is 2.71. The predicted molar refractivity (Wildman–Crippen MR) is 101 cm³/mol. The van der Waals surface area contributed by atoms with Gasteiger partial charge < -0.3 is 14.8 Å². The number of rotatable bonds is 5. The summed E-state index contributed by atoms with van der Waals surface area (Å²) in [5.41, 5.74) is -3.01. The van der Waals surface area contributed by atoms with Gasteiger partial charge >= 0.3 is 12.5 Å². The molecule has 0 aliphatic heterocycles. The standard InChI is InChI=1S/C20H9ClF8N2O4/c21-16-11(19(24,25)26)7-14(34-10-3-4-13(12(22)6-10)35-20(27,28)29)15(17(16)23)18(32)30-9-2-1-5-31(33)8-9/h1-8H,(H-,30,32,33)/p+1. The molecule has 15 heteroatoms. The van der Waals surface area contributed by atoms with Crippen molar-refractivity contribution in [2.75, 3.05) is 5.32 Å². The summed E-state index contributed by atoms with van der Waals surface area (Å²) in [6.45, 7) is 0. The fourth-order valence-corrected chi connectivity index (χ4v) is 2.97. The van der Waals surface area contributed by atoms with E-state index in [0.29, 0.717) is 22.9 Å². The number of anilines is 1. The van der Waals surface area contributed by atoms with Gasteiger partial charge in [0.15, 0.2) is 17.4 Å². The third-order valence-corrected chi connectivity index (χ3v) is 4.47. The monoisotopic (exact) mass is 529 g/mol. The van der Waals surface area contributed by atoms with Gasteiger partial charge in [0.25, 0.3) is 5.91 Å². The van der Waals surface area contributed by atoms with Gasteiger partial charge in [0.2, 0.25) is 12.4 Å². The Morgan fingerprint density at radius 2 is 1.71 bits per heavy atom. The van der Waals surface area contributed by atoms with Crippen LogP contribution in [0.2, 0.25) is 5.02 Å². The highest BCUT2D eigenvalue weighted by atomic mass is 35.5. The first-order valence-corrected chi connectivity index (χ1v) is 9.38. The number of benzene rings is 2. The summed E-state index contributed by atoms with van der Waals surface area (Å²) in [6, 6.07) is 4.11. The van der Waals surface area contributed by atoms with Crippen LogP contribution < -0.4 is 19.5 Å². The molecule has 0 unspecified atom stereocenters. The summed E-state index contributed by atoms with van der Waals surface area (Å²) in [7, 11) is 0. The molecule has 1 amide bonds. The van der Waals surface area contributed by atoms with Gasteiger partial charge in [0.05, 0.1) is 10.6 Å². The highest BCUT2D eigenvalue weighted by molar-refractivity contribution is 6.32. The van der Waals surface area contributed by atoms with Crippen LogP contribution in [0.25, 0.3) is 0 Å².